The summed E-state index contributed by atoms with van der Waals surface area (Å²) >= 11 is 6.64. The van der Waals surface area contributed by atoms with Gasteiger partial charge in [0, 0.05) is 40.7 Å². The lowest BCUT2D eigenvalue weighted by atomic mass is 10.0. The zero-order valence-electron chi connectivity index (χ0n) is 13.2. The van der Waals surface area contributed by atoms with Crippen molar-refractivity contribution in [1.82, 2.24) is 0 Å². The van der Waals surface area contributed by atoms with Crippen LogP contribution in [0.4, 0.5) is 0 Å². The number of hydrogen-bond acceptors (Lipinski definition) is 2. The minimum absolute atomic E-state index is 1.23. The van der Waals surface area contributed by atoms with Gasteiger partial charge in [-0.05, 0) is 24.6 Å². The average Bonchev–Trinajstić information content (AvgIpc) is 3.11. The number of fused-ring (bicyclic) bond motifs is 5. The molecule has 0 N–H and O–H groups in total. The van der Waals surface area contributed by atoms with Crippen molar-refractivity contribution in [3.05, 3.63) is 65.5 Å². The van der Waals surface area contributed by atoms with Gasteiger partial charge in [0.2, 0.25) is 0 Å². The van der Waals surface area contributed by atoms with Crippen LogP contribution < -0.4 is 4.43 Å². The van der Waals surface area contributed by atoms with Crippen LogP contribution in [0.3, 0.4) is 0 Å². The normalized spacial score (nSPS) is 11.7. The summed E-state index contributed by atoms with van der Waals surface area (Å²) in [7, 11) is 0. The standard InChI is InChI=1S/C21H13S2.Al/c1-13-19(14-7-3-2-4-8-14)20-18(22-13)12-11-16-15-9-5-6-10-17(15)23-21(16)20;/h2-3,5-12H,1H3;. The summed E-state index contributed by atoms with van der Waals surface area (Å²) < 4.78 is 5.40. The van der Waals surface area contributed by atoms with Crippen molar-refractivity contribution < 1.29 is 0 Å². The first kappa shape index (κ1) is 14.7. The molecule has 24 heavy (non-hydrogen) atoms. The topological polar surface area (TPSA) is 0 Å². The fourth-order valence-corrected chi connectivity index (χ4v) is 6.23. The van der Waals surface area contributed by atoms with Gasteiger partial charge in [0.05, 0.1) is 0 Å². The third kappa shape index (κ3) is 2.10. The maximum absolute atomic E-state index is 2.81. The molecule has 0 nitrogen and oxygen atoms in total. The molecule has 0 saturated carbocycles. The lowest BCUT2D eigenvalue weighted by molar-refractivity contribution is 1.61. The van der Waals surface area contributed by atoms with Gasteiger partial charge in [0.25, 0.3) is 0 Å². The average molecular weight is 356 g/mol. The van der Waals surface area contributed by atoms with Crippen LogP contribution in [0.25, 0.3) is 41.4 Å². The second-order valence-corrected chi connectivity index (χ2v) is 9.05. The minimum Gasteiger partial charge on any atom is -0.140 e. The highest BCUT2D eigenvalue weighted by molar-refractivity contribution is 7.28. The summed E-state index contributed by atoms with van der Waals surface area (Å²) in [6, 6.07) is 22.1. The van der Waals surface area contributed by atoms with E-state index in [0.717, 1.165) is 0 Å². The van der Waals surface area contributed by atoms with Gasteiger partial charge in [-0.2, -0.15) is 0 Å². The van der Waals surface area contributed by atoms with E-state index in [0.29, 0.717) is 0 Å². The molecule has 0 aliphatic heterocycles. The van der Waals surface area contributed by atoms with Crippen LogP contribution in [0.1, 0.15) is 4.88 Å². The smallest absolute Gasteiger partial charge is 0.140 e. The highest BCUT2D eigenvalue weighted by atomic mass is 32.1. The van der Waals surface area contributed by atoms with Crippen molar-refractivity contribution in [3.8, 4) is 11.1 Å². The largest absolute Gasteiger partial charge is 0.175 e. The van der Waals surface area contributed by atoms with Gasteiger partial charge in [-0.1, -0.05) is 48.5 Å². The Balaban J connectivity index is 1.98. The maximum Gasteiger partial charge on any atom is 0.175 e. The van der Waals surface area contributed by atoms with Crippen LogP contribution in [0, 0.1) is 6.92 Å². The summed E-state index contributed by atoms with van der Waals surface area (Å²) in [5.74, 6) is 0. The molecule has 0 fully saturated rings. The summed E-state index contributed by atoms with van der Waals surface area (Å²) in [6.07, 6.45) is 0. The zero-order chi connectivity index (χ0) is 16.3. The van der Waals surface area contributed by atoms with Crippen molar-refractivity contribution >= 4 is 73.6 Å². The number of hydrogen-bond donors (Lipinski definition) is 0. The zero-order valence-corrected chi connectivity index (χ0v) is 16.0. The number of thiophene rings is 2. The van der Waals surface area contributed by atoms with Crippen LogP contribution in [-0.2, 0) is 0 Å². The summed E-state index contributed by atoms with van der Waals surface area (Å²) in [4.78, 5) is 1.39. The first-order chi connectivity index (χ1) is 11.7. The van der Waals surface area contributed by atoms with E-state index in [2.05, 4.69) is 83.9 Å². The number of benzene rings is 3. The fourth-order valence-electron chi connectivity index (χ4n) is 3.53. The molecule has 2 heterocycles. The van der Waals surface area contributed by atoms with Crippen LogP contribution >= 0.6 is 22.7 Å². The third-order valence-electron chi connectivity index (χ3n) is 4.55. The predicted octanol–water partition coefficient (Wildman–Crippen LogP) is 6.04. The predicted molar refractivity (Wildman–Crippen MR) is 110 cm³/mol. The van der Waals surface area contributed by atoms with Crippen molar-refractivity contribution in [2.45, 2.75) is 6.92 Å². The van der Waals surface area contributed by atoms with Gasteiger partial charge in [0.1, 0.15) is 0 Å². The van der Waals surface area contributed by atoms with E-state index in [1.165, 1.54) is 50.7 Å². The minimum atomic E-state index is 1.23. The number of rotatable bonds is 1. The van der Waals surface area contributed by atoms with E-state index in [1.54, 1.807) is 0 Å². The molecule has 112 valence electrons. The molecular weight excluding hydrogens is 343 g/mol. The molecule has 5 rings (SSSR count). The van der Waals surface area contributed by atoms with Crippen LogP contribution in [0.2, 0.25) is 0 Å². The monoisotopic (exact) mass is 356 g/mol. The first-order valence-corrected chi connectivity index (χ1v) is 10.1. The number of aryl methyl sites for hydroxylation is 1. The summed E-state index contributed by atoms with van der Waals surface area (Å²) in [6.45, 7) is 2.24. The Bertz CT molecular complexity index is 1230. The van der Waals surface area contributed by atoms with Gasteiger partial charge in [-0.15, -0.1) is 27.1 Å². The molecule has 0 aliphatic carbocycles. The Morgan fingerprint density at radius 3 is 2.54 bits per heavy atom. The van der Waals surface area contributed by atoms with Gasteiger partial charge in [-0.3, -0.25) is 0 Å². The Morgan fingerprint density at radius 2 is 1.67 bits per heavy atom. The molecule has 0 spiro atoms. The molecular formula is C21H13AlS2. The maximum atomic E-state index is 2.81. The van der Waals surface area contributed by atoms with Crippen molar-refractivity contribution in [2.75, 3.05) is 0 Å². The molecule has 0 aliphatic rings. The van der Waals surface area contributed by atoms with Gasteiger partial charge in [0.15, 0.2) is 16.3 Å². The van der Waals surface area contributed by atoms with E-state index in [9.17, 15) is 0 Å². The van der Waals surface area contributed by atoms with E-state index < -0.39 is 0 Å². The molecule has 3 aromatic carbocycles. The van der Waals surface area contributed by atoms with Crippen LogP contribution in [-0.4, -0.2) is 16.3 Å². The van der Waals surface area contributed by atoms with E-state index >= 15 is 0 Å². The lowest BCUT2D eigenvalue weighted by Crippen LogP contribution is -2.00. The fraction of sp³-hybridized carbons (Fsp3) is 0.0476. The van der Waals surface area contributed by atoms with Crippen molar-refractivity contribution in [3.63, 3.8) is 0 Å². The van der Waals surface area contributed by atoms with Gasteiger partial charge in [-0.25, -0.2) is 0 Å². The molecule has 5 aromatic rings. The van der Waals surface area contributed by atoms with E-state index in [-0.39, 0.29) is 0 Å². The third-order valence-corrected chi connectivity index (χ3v) is 7.18. The molecule has 0 saturated heterocycles. The van der Waals surface area contributed by atoms with Crippen molar-refractivity contribution in [1.29, 1.82) is 0 Å². The Morgan fingerprint density at radius 1 is 0.792 bits per heavy atom. The second kappa shape index (κ2) is 5.44. The van der Waals surface area contributed by atoms with Gasteiger partial charge >= 0.3 is 0 Å². The van der Waals surface area contributed by atoms with Crippen LogP contribution in [0.5, 0.6) is 0 Å². The summed E-state index contributed by atoms with van der Waals surface area (Å²) in [5, 5.41) is 4.17. The van der Waals surface area contributed by atoms with Crippen LogP contribution in [0.15, 0.2) is 60.7 Å². The highest BCUT2D eigenvalue weighted by Gasteiger charge is 2.16. The Labute approximate surface area is 156 Å². The van der Waals surface area contributed by atoms with E-state index in [4.69, 9.17) is 0 Å². The second-order valence-electron chi connectivity index (χ2n) is 6.07. The molecule has 0 atom stereocenters. The van der Waals surface area contributed by atoms with E-state index in [1.807, 2.05) is 22.7 Å². The quantitative estimate of drug-likeness (QED) is 0.321. The molecule has 3 heteroatoms. The highest BCUT2D eigenvalue weighted by Crippen LogP contribution is 2.46. The lowest BCUT2D eigenvalue weighted by Gasteiger charge is -2.05. The molecule has 0 unspecified atom stereocenters. The Hall–Kier alpha value is -1.63. The SMILES string of the molecule is Cc1sc2ccc3c4ccccc4sc3c2c1-c1ccc[c]([Al])c1. The Kier molecular flexibility index (Phi) is 3.33. The first-order valence-electron chi connectivity index (χ1n) is 7.91. The van der Waals surface area contributed by atoms with Crippen molar-refractivity contribution in [2.24, 2.45) is 0 Å². The molecule has 0 amide bonds. The molecule has 0 bridgehead atoms. The molecule has 2 radical (unpaired) electrons. The van der Waals surface area contributed by atoms with Gasteiger partial charge < -0.3 is 0 Å². The summed E-state index contributed by atoms with van der Waals surface area (Å²) in [5.41, 5.74) is 2.72. The molecule has 2 aromatic heterocycles.